The first-order chi connectivity index (χ1) is 20.3. The largest absolute Gasteiger partial charge is 0.134 e. The summed E-state index contributed by atoms with van der Waals surface area (Å²) in [6.07, 6.45) is 14.9. The Morgan fingerprint density at radius 2 is 1.44 bits per heavy atom. The zero-order valence-corrected chi connectivity index (χ0v) is 23.5. The summed E-state index contributed by atoms with van der Waals surface area (Å²) in [5, 5.41) is 9.53. The van der Waals surface area contributed by atoms with Crippen LogP contribution in [0, 0.1) is 5.92 Å². The van der Waals surface area contributed by atoms with Crippen molar-refractivity contribution in [2.45, 2.75) is 19.3 Å². The highest BCUT2D eigenvalue weighted by Crippen LogP contribution is 2.48. The van der Waals surface area contributed by atoms with E-state index in [9.17, 15) is 0 Å². The topological polar surface area (TPSA) is 0 Å². The Labute approximate surface area is 243 Å². The second-order valence-corrected chi connectivity index (χ2v) is 12.5. The highest BCUT2D eigenvalue weighted by Gasteiger charge is 2.27. The van der Waals surface area contributed by atoms with Gasteiger partial charge in [0.1, 0.15) is 0 Å². The number of allylic oxidation sites excluding steroid dienone is 6. The number of hydrogen-bond donors (Lipinski definition) is 0. The molecule has 5 aromatic carbocycles. The SMILES string of the molecule is C1=CC2=c3ccccc3=C(C3=CCCc4c3sc3c(-c5cc6ccccc6c6ccccc56)cccc43)CC2C=C1. The van der Waals surface area contributed by atoms with Crippen molar-refractivity contribution in [3.63, 3.8) is 0 Å². The van der Waals surface area contributed by atoms with Crippen LogP contribution in [0.3, 0.4) is 0 Å². The van der Waals surface area contributed by atoms with Gasteiger partial charge in [0.05, 0.1) is 0 Å². The Kier molecular flexibility index (Phi) is 5.12. The molecule has 3 aliphatic carbocycles. The Balaban J connectivity index is 1.30. The molecule has 6 aromatic rings. The first kappa shape index (κ1) is 23.3. The van der Waals surface area contributed by atoms with Crippen molar-refractivity contribution < 1.29 is 0 Å². The second kappa shape index (κ2) is 9.03. The van der Waals surface area contributed by atoms with E-state index < -0.39 is 0 Å². The standard InChI is InChI=1S/C40H28S/c1-3-13-27-25(11-1)23-37(31-17-7-5-15-29(27)31)35-21-9-19-33-34-20-10-22-36(40(34)41-39(33)35)38-24-26-12-2-4-14-28(26)30-16-6-8-18-32(30)38/h1-9,11-19,21-23,26H,10,20,24H2. The molecular weight excluding hydrogens is 513 g/mol. The number of thiophene rings is 1. The first-order valence-electron chi connectivity index (χ1n) is 14.7. The van der Waals surface area contributed by atoms with E-state index in [2.05, 4.69) is 127 Å². The van der Waals surface area contributed by atoms with Gasteiger partial charge in [-0.15, -0.1) is 11.3 Å². The maximum absolute atomic E-state index is 2.53. The maximum atomic E-state index is 2.53. The van der Waals surface area contributed by atoms with Gasteiger partial charge in [0.2, 0.25) is 0 Å². The molecule has 0 amide bonds. The van der Waals surface area contributed by atoms with Crippen molar-refractivity contribution >= 4 is 59.7 Å². The summed E-state index contributed by atoms with van der Waals surface area (Å²) >= 11 is 2.01. The minimum absolute atomic E-state index is 0.449. The zero-order chi connectivity index (χ0) is 26.9. The summed E-state index contributed by atoms with van der Waals surface area (Å²) in [5.74, 6) is 0.449. The van der Waals surface area contributed by atoms with Gasteiger partial charge < -0.3 is 0 Å². The molecule has 0 radical (unpaired) electrons. The van der Waals surface area contributed by atoms with Crippen molar-refractivity contribution in [1.82, 2.24) is 0 Å². The monoisotopic (exact) mass is 540 g/mol. The van der Waals surface area contributed by atoms with Crippen LogP contribution in [0.2, 0.25) is 0 Å². The van der Waals surface area contributed by atoms with Crippen LogP contribution in [0.5, 0.6) is 0 Å². The zero-order valence-electron chi connectivity index (χ0n) is 22.7. The van der Waals surface area contributed by atoms with Crippen molar-refractivity contribution in [2.24, 2.45) is 5.92 Å². The summed E-state index contributed by atoms with van der Waals surface area (Å²) < 4.78 is 1.42. The lowest BCUT2D eigenvalue weighted by atomic mass is 9.78. The fourth-order valence-electron chi connectivity index (χ4n) is 7.47. The molecule has 0 N–H and O–H groups in total. The van der Waals surface area contributed by atoms with E-state index in [1.54, 1.807) is 0 Å². The molecular formula is C40H28S. The van der Waals surface area contributed by atoms with Gasteiger partial charge >= 0.3 is 0 Å². The summed E-state index contributed by atoms with van der Waals surface area (Å²) in [7, 11) is 0. The Hall–Kier alpha value is -4.46. The lowest BCUT2D eigenvalue weighted by Gasteiger charge is -2.26. The molecule has 1 atom stereocenters. The third-order valence-electron chi connectivity index (χ3n) is 9.31. The van der Waals surface area contributed by atoms with Crippen molar-refractivity contribution in [1.29, 1.82) is 0 Å². The van der Waals surface area contributed by atoms with E-state index in [1.807, 2.05) is 11.3 Å². The quantitative estimate of drug-likeness (QED) is 0.192. The minimum Gasteiger partial charge on any atom is -0.134 e. The number of benzene rings is 5. The molecule has 0 nitrogen and oxygen atoms in total. The predicted molar refractivity (Wildman–Crippen MR) is 177 cm³/mol. The minimum atomic E-state index is 0.449. The van der Waals surface area contributed by atoms with E-state index in [1.165, 1.54) is 80.4 Å². The Morgan fingerprint density at radius 1 is 0.659 bits per heavy atom. The lowest BCUT2D eigenvalue weighted by molar-refractivity contribution is 0.848. The maximum Gasteiger partial charge on any atom is 0.0430 e. The fraction of sp³-hybridized carbons (Fsp3) is 0.100. The van der Waals surface area contributed by atoms with Crippen LogP contribution in [-0.4, -0.2) is 0 Å². The molecule has 1 heteroatoms. The summed E-state index contributed by atoms with van der Waals surface area (Å²) in [6, 6.07) is 36.2. The molecule has 194 valence electrons. The van der Waals surface area contributed by atoms with Gasteiger partial charge in [-0.1, -0.05) is 121 Å². The molecule has 0 spiro atoms. The van der Waals surface area contributed by atoms with Crippen molar-refractivity contribution in [3.05, 3.63) is 148 Å². The average molecular weight is 541 g/mol. The number of fused-ring (bicyclic) bond motifs is 8. The third-order valence-corrected chi connectivity index (χ3v) is 10.6. The summed E-state index contributed by atoms with van der Waals surface area (Å²) in [4.78, 5) is 1.48. The Bertz CT molecular complexity index is 2290. The average Bonchev–Trinajstić information content (AvgIpc) is 3.43. The highest BCUT2D eigenvalue weighted by atomic mass is 32.1. The molecule has 3 aliphatic rings. The van der Waals surface area contributed by atoms with Crippen LogP contribution >= 0.6 is 11.3 Å². The third kappa shape index (κ3) is 3.46. The van der Waals surface area contributed by atoms with Gasteiger partial charge in [-0.3, -0.25) is 0 Å². The molecule has 0 saturated carbocycles. The summed E-state index contributed by atoms with van der Waals surface area (Å²) in [6.45, 7) is 0. The van der Waals surface area contributed by atoms with Crippen LogP contribution in [0.15, 0.2) is 127 Å². The first-order valence-corrected chi connectivity index (χ1v) is 15.5. The molecule has 1 unspecified atom stereocenters. The van der Waals surface area contributed by atoms with E-state index in [-0.39, 0.29) is 0 Å². The molecule has 1 heterocycles. The molecule has 0 aliphatic heterocycles. The van der Waals surface area contributed by atoms with E-state index >= 15 is 0 Å². The predicted octanol–water partition coefficient (Wildman–Crippen LogP) is 9.35. The van der Waals surface area contributed by atoms with Gasteiger partial charge in [0.15, 0.2) is 0 Å². The van der Waals surface area contributed by atoms with E-state index in [0.29, 0.717) is 5.92 Å². The van der Waals surface area contributed by atoms with Crippen molar-refractivity contribution in [3.8, 4) is 11.1 Å². The van der Waals surface area contributed by atoms with Gasteiger partial charge in [-0.05, 0) is 90.5 Å². The molecule has 41 heavy (non-hydrogen) atoms. The van der Waals surface area contributed by atoms with Gasteiger partial charge in [0, 0.05) is 21.1 Å². The molecule has 0 bridgehead atoms. The molecule has 0 fully saturated rings. The fourth-order valence-corrected chi connectivity index (χ4v) is 8.92. The lowest BCUT2D eigenvalue weighted by Crippen LogP contribution is -2.35. The van der Waals surface area contributed by atoms with Gasteiger partial charge in [-0.25, -0.2) is 0 Å². The number of rotatable bonds is 2. The van der Waals surface area contributed by atoms with Crippen LogP contribution in [0.4, 0.5) is 0 Å². The summed E-state index contributed by atoms with van der Waals surface area (Å²) in [5.41, 5.74) is 8.67. The van der Waals surface area contributed by atoms with Crippen LogP contribution < -0.4 is 10.4 Å². The smallest absolute Gasteiger partial charge is 0.0430 e. The van der Waals surface area contributed by atoms with E-state index in [4.69, 9.17) is 0 Å². The Morgan fingerprint density at radius 3 is 2.37 bits per heavy atom. The van der Waals surface area contributed by atoms with Crippen molar-refractivity contribution in [2.75, 3.05) is 0 Å². The van der Waals surface area contributed by atoms with Crippen LogP contribution in [0.1, 0.15) is 23.3 Å². The molecule has 0 saturated heterocycles. The second-order valence-electron chi connectivity index (χ2n) is 11.5. The van der Waals surface area contributed by atoms with Crippen LogP contribution in [0.25, 0.3) is 59.5 Å². The normalized spacial score (nSPS) is 17.6. The van der Waals surface area contributed by atoms with E-state index in [0.717, 1.165) is 19.3 Å². The number of hydrogen-bond acceptors (Lipinski definition) is 1. The highest BCUT2D eigenvalue weighted by molar-refractivity contribution is 7.21. The van der Waals surface area contributed by atoms with Gasteiger partial charge in [0.25, 0.3) is 0 Å². The van der Waals surface area contributed by atoms with Crippen LogP contribution in [-0.2, 0) is 6.42 Å². The molecule has 1 aromatic heterocycles. The van der Waals surface area contributed by atoms with Gasteiger partial charge in [-0.2, -0.15) is 0 Å². The molecule has 9 rings (SSSR count). The number of aryl methyl sites for hydroxylation is 1.